The van der Waals surface area contributed by atoms with Gasteiger partial charge in [-0.05, 0) is 84.1 Å². The van der Waals surface area contributed by atoms with Crippen LogP contribution < -0.4 is 24.4 Å². The van der Waals surface area contributed by atoms with Crippen molar-refractivity contribution >= 4 is 23.4 Å². The molecule has 236 valence electrons. The van der Waals surface area contributed by atoms with Crippen LogP contribution in [-0.2, 0) is 11.4 Å². The number of rotatable bonds is 10. The number of anilines is 2. The third-order valence-electron chi connectivity index (χ3n) is 7.74. The third kappa shape index (κ3) is 6.91. The van der Waals surface area contributed by atoms with Gasteiger partial charge in [-0.3, -0.25) is 4.79 Å². The first-order valence-electron chi connectivity index (χ1n) is 14.7. The summed E-state index contributed by atoms with van der Waals surface area (Å²) in [6.07, 6.45) is -0.446. The molecule has 4 rings (SSSR count). The van der Waals surface area contributed by atoms with Crippen LogP contribution >= 0.6 is 0 Å². The molecule has 0 radical (unpaired) electrons. The number of hydrogen-bond donors (Lipinski definition) is 1. The number of ether oxygens (including phenoxy) is 3. The predicted molar refractivity (Wildman–Crippen MR) is 171 cm³/mol. The number of methoxy groups -OCH3 is 1. The largest absolute Gasteiger partial charge is 0.496 e. The molecule has 0 unspecified atom stereocenters. The van der Waals surface area contributed by atoms with Gasteiger partial charge < -0.3 is 34.2 Å². The normalized spacial score (nSPS) is 13.9. The highest BCUT2D eigenvalue weighted by Crippen LogP contribution is 2.45. The van der Waals surface area contributed by atoms with E-state index in [9.17, 15) is 14.0 Å². The van der Waals surface area contributed by atoms with Crippen molar-refractivity contribution in [3.63, 3.8) is 0 Å². The molecule has 0 bridgehead atoms. The van der Waals surface area contributed by atoms with Gasteiger partial charge in [-0.2, -0.15) is 0 Å². The maximum atomic E-state index is 14.1. The van der Waals surface area contributed by atoms with Crippen molar-refractivity contribution in [2.45, 2.75) is 52.8 Å². The van der Waals surface area contributed by atoms with Crippen molar-refractivity contribution in [3.8, 4) is 28.4 Å². The summed E-state index contributed by atoms with van der Waals surface area (Å²) in [6, 6.07) is 13.4. The molecule has 1 aliphatic heterocycles. The Kier molecular flexibility index (Phi) is 9.73. The van der Waals surface area contributed by atoms with Gasteiger partial charge in [0, 0.05) is 49.4 Å². The minimum absolute atomic E-state index is 0.0401. The van der Waals surface area contributed by atoms with Crippen LogP contribution in [0.25, 0.3) is 11.1 Å². The lowest BCUT2D eigenvalue weighted by molar-refractivity contribution is -0.121. The van der Waals surface area contributed by atoms with Crippen molar-refractivity contribution in [1.29, 1.82) is 0 Å². The number of nitrogens with one attached hydrogen (secondary N) is 1. The molecule has 44 heavy (non-hydrogen) atoms. The maximum Gasteiger partial charge on any atom is 0.415 e. The van der Waals surface area contributed by atoms with Crippen LogP contribution in [0.3, 0.4) is 0 Å². The van der Waals surface area contributed by atoms with Gasteiger partial charge in [0.15, 0.2) is 0 Å². The predicted octanol–water partition coefficient (Wildman–Crippen LogP) is 6.33. The van der Waals surface area contributed by atoms with E-state index in [-0.39, 0.29) is 18.6 Å². The molecular weight excluding hydrogens is 563 g/mol. The summed E-state index contributed by atoms with van der Waals surface area (Å²) < 4.78 is 31.8. The van der Waals surface area contributed by atoms with Crippen molar-refractivity contribution < 1.29 is 28.2 Å². The number of nitrogens with zero attached hydrogens (tertiary/aromatic N) is 3. The maximum absolute atomic E-state index is 14.1. The molecule has 0 saturated carbocycles. The Morgan fingerprint density at radius 2 is 1.73 bits per heavy atom. The van der Waals surface area contributed by atoms with Gasteiger partial charge in [0.05, 0.1) is 18.5 Å². The van der Waals surface area contributed by atoms with Crippen LogP contribution in [0.1, 0.15) is 38.8 Å². The molecule has 0 spiro atoms. The zero-order chi connectivity index (χ0) is 32.3. The highest BCUT2D eigenvalue weighted by molar-refractivity contribution is 6.08. The SMILES string of the molecule is COc1cc(OC(=O)N(CCN(C)C)C(C)C)ccc1-c1ccc2c(c1COc1cc(F)ccc1C)N(C)C(=O)C(C)(C)N2. The molecule has 1 heterocycles. The molecule has 10 heteroatoms. The summed E-state index contributed by atoms with van der Waals surface area (Å²) in [5.41, 5.74) is 3.58. The lowest BCUT2D eigenvalue weighted by Gasteiger charge is -2.39. The molecule has 0 fully saturated rings. The summed E-state index contributed by atoms with van der Waals surface area (Å²) >= 11 is 0. The van der Waals surface area contributed by atoms with Gasteiger partial charge in [-0.25, -0.2) is 9.18 Å². The summed E-state index contributed by atoms with van der Waals surface area (Å²) in [5, 5.41) is 3.35. The summed E-state index contributed by atoms with van der Waals surface area (Å²) in [7, 11) is 7.20. The zero-order valence-electron chi connectivity index (χ0n) is 27.1. The van der Waals surface area contributed by atoms with Gasteiger partial charge in [0.25, 0.3) is 5.91 Å². The molecular formula is C34H43FN4O5. The molecule has 2 amide bonds. The number of amides is 2. The molecule has 1 aliphatic rings. The minimum atomic E-state index is -0.805. The lowest BCUT2D eigenvalue weighted by atomic mass is 9.91. The molecule has 9 nitrogen and oxygen atoms in total. The highest BCUT2D eigenvalue weighted by atomic mass is 19.1. The molecule has 0 saturated heterocycles. The van der Waals surface area contributed by atoms with Gasteiger partial charge in [0.1, 0.15) is 35.2 Å². The first-order chi connectivity index (χ1) is 20.7. The average molecular weight is 607 g/mol. The summed E-state index contributed by atoms with van der Waals surface area (Å²) in [6.45, 7) is 10.7. The fraction of sp³-hybridized carbons (Fsp3) is 0.412. The second kappa shape index (κ2) is 13.1. The van der Waals surface area contributed by atoms with Crippen LogP contribution in [0.15, 0.2) is 48.5 Å². The van der Waals surface area contributed by atoms with Crippen LogP contribution in [0.4, 0.5) is 20.6 Å². The number of likely N-dealkylation sites (N-methyl/N-ethyl adjacent to an activating group) is 2. The molecule has 1 N–H and O–H groups in total. The Bertz CT molecular complexity index is 1540. The van der Waals surface area contributed by atoms with E-state index in [0.717, 1.165) is 16.8 Å². The standard InChI is InChI=1S/C34H43FN4O5/c1-21(2)39(17-16-37(6)7)33(41)44-24-12-13-26(30(19-24)42-9)25-14-15-28-31(38(8)32(40)34(4,5)36-28)27(25)20-43-29-18-23(35)11-10-22(29)3/h10-15,18-19,21,36H,16-17,20H2,1-9H3. The third-order valence-corrected chi connectivity index (χ3v) is 7.74. The lowest BCUT2D eigenvalue weighted by Crippen LogP contribution is -2.52. The van der Waals surface area contributed by atoms with Crippen LogP contribution in [0, 0.1) is 12.7 Å². The van der Waals surface area contributed by atoms with Crippen molar-refractivity contribution in [2.24, 2.45) is 0 Å². The molecule has 0 aromatic heterocycles. The Balaban J connectivity index is 1.75. The number of fused-ring (bicyclic) bond motifs is 1. The Hall–Kier alpha value is -4.31. The van der Waals surface area contributed by atoms with E-state index < -0.39 is 17.4 Å². The Morgan fingerprint density at radius 3 is 2.39 bits per heavy atom. The molecule has 3 aromatic carbocycles. The van der Waals surface area contributed by atoms with Crippen LogP contribution in [0.2, 0.25) is 0 Å². The van der Waals surface area contributed by atoms with E-state index in [1.54, 1.807) is 42.2 Å². The number of hydrogen-bond acceptors (Lipinski definition) is 7. The van der Waals surface area contributed by atoms with E-state index in [0.29, 0.717) is 47.2 Å². The monoisotopic (exact) mass is 606 g/mol. The summed E-state index contributed by atoms with van der Waals surface area (Å²) in [5.74, 6) is 0.711. The molecule has 3 aromatic rings. The second-order valence-corrected chi connectivity index (χ2v) is 12.1. The number of aryl methyl sites for hydroxylation is 1. The smallest absolute Gasteiger partial charge is 0.415 e. The van der Waals surface area contributed by atoms with E-state index >= 15 is 0 Å². The van der Waals surface area contributed by atoms with Crippen molar-refractivity contribution in [3.05, 3.63) is 65.5 Å². The first-order valence-corrected chi connectivity index (χ1v) is 14.7. The van der Waals surface area contributed by atoms with Crippen LogP contribution in [0.5, 0.6) is 17.2 Å². The quantitative estimate of drug-likeness (QED) is 0.289. The van der Waals surface area contributed by atoms with E-state index in [1.165, 1.54) is 12.1 Å². The summed E-state index contributed by atoms with van der Waals surface area (Å²) in [4.78, 5) is 31.7. The van der Waals surface area contributed by atoms with Gasteiger partial charge in [-0.1, -0.05) is 12.1 Å². The van der Waals surface area contributed by atoms with Crippen molar-refractivity contribution in [2.75, 3.05) is 51.6 Å². The van der Waals surface area contributed by atoms with Crippen LogP contribution in [-0.4, -0.2) is 74.7 Å². The number of carbonyl (C=O) groups is 2. The molecule has 0 atom stereocenters. The number of halogens is 1. The van der Waals surface area contributed by atoms with E-state index in [2.05, 4.69) is 5.32 Å². The Morgan fingerprint density at radius 1 is 1.02 bits per heavy atom. The zero-order valence-corrected chi connectivity index (χ0v) is 27.1. The fourth-order valence-electron chi connectivity index (χ4n) is 5.29. The second-order valence-electron chi connectivity index (χ2n) is 12.1. The van der Waals surface area contributed by atoms with Gasteiger partial charge in [0.2, 0.25) is 0 Å². The first kappa shape index (κ1) is 32.6. The Labute approximate surface area is 259 Å². The minimum Gasteiger partial charge on any atom is -0.496 e. The van der Waals surface area contributed by atoms with E-state index in [1.807, 2.05) is 71.8 Å². The average Bonchev–Trinajstić information content (AvgIpc) is 2.95. The number of benzene rings is 3. The van der Waals surface area contributed by atoms with Gasteiger partial charge in [-0.15, -0.1) is 0 Å². The van der Waals surface area contributed by atoms with E-state index in [4.69, 9.17) is 14.2 Å². The van der Waals surface area contributed by atoms with Crippen molar-refractivity contribution in [1.82, 2.24) is 9.80 Å². The van der Waals surface area contributed by atoms with Gasteiger partial charge >= 0.3 is 6.09 Å². The topological polar surface area (TPSA) is 83.6 Å². The highest BCUT2D eigenvalue weighted by Gasteiger charge is 2.39. The number of carbonyl (C=O) groups excluding carboxylic acids is 2. The molecule has 0 aliphatic carbocycles. The fourth-order valence-corrected chi connectivity index (χ4v) is 5.29.